The van der Waals surface area contributed by atoms with Crippen molar-refractivity contribution in [2.75, 3.05) is 5.32 Å². The number of nitrogens with zero attached hydrogens (tertiary/aromatic N) is 1. The highest BCUT2D eigenvalue weighted by Gasteiger charge is 2.11. The molecule has 0 aliphatic heterocycles. The second-order valence-corrected chi connectivity index (χ2v) is 7.05. The van der Waals surface area contributed by atoms with E-state index in [0.717, 1.165) is 10.4 Å². The van der Waals surface area contributed by atoms with Crippen molar-refractivity contribution in [3.63, 3.8) is 0 Å². The molecule has 6 nitrogen and oxygen atoms in total. The molecule has 0 atom stereocenters. The Labute approximate surface area is 160 Å². The molecule has 0 aliphatic carbocycles. The maximum absolute atomic E-state index is 12.3. The van der Waals surface area contributed by atoms with Crippen LogP contribution >= 0.6 is 11.3 Å². The van der Waals surface area contributed by atoms with Gasteiger partial charge in [-0.05, 0) is 41.3 Å². The number of hydrogen-bond donors (Lipinski definition) is 2. The van der Waals surface area contributed by atoms with Gasteiger partial charge in [0.2, 0.25) is 5.91 Å². The van der Waals surface area contributed by atoms with Crippen LogP contribution in [0.3, 0.4) is 0 Å². The standard InChI is InChI=1S/C20H19N3O3S/c1-23-10-2-5-17(20(23)26)19(25)22-15-8-6-14(7-9-15)12-18(24)21-13-16-4-3-11-27-16/h2-11H,12-13H2,1H3,(H,21,24)(H,22,25). The van der Waals surface area contributed by atoms with Crippen LogP contribution in [0.5, 0.6) is 0 Å². The van der Waals surface area contributed by atoms with E-state index in [2.05, 4.69) is 10.6 Å². The molecule has 27 heavy (non-hydrogen) atoms. The van der Waals surface area contributed by atoms with E-state index in [1.54, 1.807) is 54.9 Å². The number of amides is 2. The number of carbonyl (C=O) groups excluding carboxylic acids is 2. The molecule has 0 bridgehead atoms. The second kappa shape index (κ2) is 8.46. The van der Waals surface area contributed by atoms with Gasteiger partial charge in [-0.1, -0.05) is 18.2 Å². The predicted molar refractivity (Wildman–Crippen MR) is 106 cm³/mol. The van der Waals surface area contributed by atoms with Crippen LogP contribution in [0.2, 0.25) is 0 Å². The zero-order valence-corrected chi connectivity index (χ0v) is 15.6. The van der Waals surface area contributed by atoms with Crippen molar-refractivity contribution in [1.29, 1.82) is 0 Å². The van der Waals surface area contributed by atoms with E-state index in [0.29, 0.717) is 12.2 Å². The Hall–Kier alpha value is -3.19. The monoisotopic (exact) mass is 381 g/mol. The van der Waals surface area contributed by atoms with E-state index in [1.165, 1.54) is 10.6 Å². The first-order valence-corrected chi connectivity index (χ1v) is 9.26. The lowest BCUT2D eigenvalue weighted by Crippen LogP contribution is -2.27. The van der Waals surface area contributed by atoms with Crippen molar-refractivity contribution < 1.29 is 9.59 Å². The first kappa shape index (κ1) is 18.6. The molecule has 0 saturated heterocycles. The Morgan fingerprint density at radius 1 is 1.07 bits per heavy atom. The first-order chi connectivity index (χ1) is 13.0. The topological polar surface area (TPSA) is 80.2 Å². The van der Waals surface area contributed by atoms with Gasteiger partial charge in [0.1, 0.15) is 5.56 Å². The quantitative estimate of drug-likeness (QED) is 0.689. The molecule has 0 saturated carbocycles. The highest BCUT2D eigenvalue weighted by Crippen LogP contribution is 2.12. The molecule has 7 heteroatoms. The molecule has 138 valence electrons. The van der Waals surface area contributed by atoms with E-state index in [4.69, 9.17) is 0 Å². The molecule has 0 radical (unpaired) electrons. The highest BCUT2D eigenvalue weighted by molar-refractivity contribution is 7.09. The lowest BCUT2D eigenvalue weighted by molar-refractivity contribution is -0.120. The van der Waals surface area contributed by atoms with Crippen LogP contribution in [0, 0.1) is 0 Å². The van der Waals surface area contributed by atoms with Gasteiger partial charge in [-0.2, -0.15) is 0 Å². The molecular formula is C20H19N3O3S. The number of nitrogens with one attached hydrogen (secondary N) is 2. The van der Waals surface area contributed by atoms with E-state index in [9.17, 15) is 14.4 Å². The number of pyridine rings is 1. The van der Waals surface area contributed by atoms with Crippen LogP contribution in [0.4, 0.5) is 5.69 Å². The molecule has 2 heterocycles. The summed E-state index contributed by atoms with van der Waals surface area (Å²) < 4.78 is 1.35. The normalized spacial score (nSPS) is 10.4. The first-order valence-electron chi connectivity index (χ1n) is 8.38. The van der Waals surface area contributed by atoms with Gasteiger partial charge in [-0.25, -0.2) is 0 Å². The van der Waals surface area contributed by atoms with Gasteiger partial charge in [0.15, 0.2) is 0 Å². The fraction of sp³-hybridized carbons (Fsp3) is 0.150. The average molecular weight is 381 g/mol. The SMILES string of the molecule is Cn1cccc(C(=O)Nc2ccc(CC(=O)NCc3cccs3)cc2)c1=O. The molecule has 3 aromatic rings. The van der Waals surface area contributed by atoms with E-state index in [-0.39, 0.29) is 23.5 Å². The smallest absolute Gasteiger partial charge is 0.263 e. The Balaban J connectivity index is 1.56. The summed E-state index contributed by atoms with van der Waals surface area (Å²) in [6, 6.07) is 14.1. The Kier molecular flexibility index (Phi) is 5.83. The summed E-state index contributed by atoms with van der Waals surface area (Å²) >= 11 is 1.60. The number of aryl methyl sites for hydroxylation is 1. The lowest BCUT2D eigenvalue weighted by Gasteiger charge is -2.08. The third-order valence-electron chi connectivity index (χ3n) is 3.98. The average Bonchev–Trinajstić information content (AvgIpc) is 3.17. The zero-order valence-electron chi connectivity index (χ0n) is 14.8. The minimum Gasteiger partial charge on any atom is -0.351 e. The van der Waals surface area contributed by atoms with Crippen molar-refractivity contribution in [2.24, 2.45) is 7.05 Å². The third-order valence-corrected chi connectivity index (χ3v) is 4.86. The van der Waals surface area contributed by atoms with Gasteiger partial charge in [0.05, 0.1) is 13.0 Å². The van der Waals surface area contributed by atoms with Crippen molar-refractivity contribution >= 4 is 28.8 Å². The molecule has 0 spiro atoms. The van der Waals surface area contributed by atoms with E-state index >= 15 is 0 Å². The highest BCUT2D eigenvalue weighted by atomic mass is 32.1. The van der Waals surface area contributed by atoms with Crippen LogP contribution in [0.1, 0.15) is 20.8 Å². The maximum atomic E-state index is 12.3. The molecule has 2 aromatic heterocycles. The van der Waals surface area contributed by atoms with Gasteiger partial charge in [-0.3, -0.25) is 14.4 Å². The molecule has 0 fully saturated rings. The van der Waals surface area contributed by atoms with Crippen LogP contribution in [-0.4, -0.2) is 16.4 Å². The van der Waals surface area contributed by atoms with E-state index < -0.39 is 5.91 Å². The number of anilines is 1. The number of aromatic nitrogens is 1. The van der Waals surface area contributed by atoms with E-state index in [1.807, 2.05) is 17.5 Å². The molecule has 0 unspecified atom stereocenters. The largest absolute Gasteiger partial charge is 0.351 e. The minimum absolute atomic E-state index is 0.0621. The molecule has 3 rings (SSSR count). The summed E-state index contributed by atoms with van der Waals surface area (Å²) in [4.78, 5) is 37.4. The van der Waals surface area contributed by atoms with Gasteiger partial charge in [0.25, 0.3) is 11.5 Å². The van der Waals surface area contributed by atoms with Gasteiger partial charge < -0.3 is 15.2 Å². The summed E-state index contributed by atoms with van der Waals surface area (Å²) in [7, 11) is 1.59. The van der Waals surface area contributed by atoms with Crippen LogP contribution in [0.15, 0.2) is 64.9 Å². The summed E-state index contributed by atoms with van der Waals surface area (Å²) in [5.41, 5.74) is 1.13. The molecule has 1 aromatic carbocycles. The fourth-order valence-electron chi connectivity index (χ4n) is 2.52. The van der Waals surface area contributed by atoms with Gasteiger partial charge in [-0.15, -0.1) is 11.3 Å². The van der Waals surface area contributed by atoms with Crippen LogP contribution in [-0.2, 0) is 24.8 Å². The maximum Gasteiger partial charge on any atom is 0.263 e. The van der Waals surface area contributed by atoms with Gasteiger partial charge >= 0.3 is 0 Å². The van der Waals surface area contributed by atoms with Crippen LogP contribution < -0.4 is 16.2 Å². The predicted octanol–water partition coefficient (Wildman–Crippen LogP) is 2.56. The Morgan fingerprint density at radius 2 is 1.85 bits per heavy atom. The van der Waals surface area contributed by atoms with Crippen molar-refractivity contribution in [1.82, 2.24) is 9.88 Å². The molecule has 0 aliphatic rings. The molecular weight excluding hydrogens is 362 g/mol. The lowest BCUT2D eigenvalue weighted by atomic mass is 10.1. The summed E-state index contributed by atoms with van der Waals surface area (Å²) in [5, 5.41) is 7.55. The van der Waals surface area contributed by atoms with Crippen LogP contribution in [0.25, 0.3) is 0 Å². The van der Waals surface area contributed by atoms with Crippen molar-refractivity contribution in [3.8, 4) is 0 Å². The number of rotatable bonds is 6. The summed E-state index contributed by atoms with van der Waals surface area (Å²) in [6.07, 6.45) is 1.86. The Morgan fingerprint density at radius 3 is 2.56 bits per heavy atom. The van der Waals surface area contributed by atoms with Crippen molar-refractivity contribution in [2.45, 2.75) is 13.0 Å². The number of benzene rings is 1. The summed E-state index contributed by atoms with van der Waals surface area (Å²) in [6.45, 7) is 0.524. The Bertz CT molecular complexity index is 992. The number of hydrogen-bond acceptors (Lipinski definition) is 4. The number of thiophene rings is 1. The fourth-order valence-corrected chi connectivity index (χ4v) is 3.17. The second-order valence-electron chi connectivity index (χ2n) is 6.02. The van der Waals surface area contributed by atoms with Crippen molar-refractivity contribution in [3.05, 3.63) is 86.5 Å². The zero-order chi connectivity index (χ0) is 19.2. The number of carbonyl (C=O) groups is 2. The molecule has 2 amide bonds. The minimum atomic E-state index is -0.461. The molecule has 2 N–H and O–H groups in total. The van der Waals surface area contributed by atoms with Gasteiger partial charge in [0, 0.05) is 23.8 Å². The summed E-state index contributed by atoms with van der Waals surface area (Å²) in [5.74, 6) is -0.523. The third kappa shape index (κ3) is 4.92.